The molecule has 0 aliphatic carbocycles. The van der Waals surface area contributed by atoms with E-state index in [-0.39, 0.29) is 41.2 Å². The highest BCUT2D eigenvalue weighted by Gasteiger charge is 2.28. The number of amidine groups is 1. The van der Waals surface area contributed by atoms with Gasteiger partial charge in [0.15, 0.2) is 11.2 Å². The van der Waals surface area contributed by atoms with E-state index in [0.717, 1.165) is 16.0 Å². The van der Waals surface area contributed by atoms with E-state index in [4.69, 9.17) is 20.6 Å². The third kappa shape index (κ3) is 6.73. The molecule has 45 heavy (non-hydrogen) atoms. The SMILES string of the molecule is Cc1ccc(C(=N)N)cc1Oc1nc(Oc2cccc(C(=O)N(C)C)c2)c2nc(C)n(C(Cc3ccc(S)cc3)C(=O)O)c2n1. The maximum absolute atomic E-state index is 12.7. The summed E-state index contributed by atoms with van der Waals surface area (Å²) in [6.07, 6.45) is 0.139. The number of carboxylic acid groups (broad SMARTS) is 1. The molecule has 0 spiro atoms. The van der Waals surface area contributed by atoms with Gasteiger partial charge in [0.2, 0.25) is 0 Å². The Hall–Kier alpha value is -5.43. The Bertz CT molecular complexity index is 1940. The molecular formula is C32H31N7O5S. The smallest absolute Gasteiger partial charge is 0.327 e. The maximum Gasteiger partial charge on any atom is 0.327 e. The van der Waals surface area contributed by atoms with Gasteiger partial charge < -0.3 is 25.2 Å². The zero-order valence-electron chi connectivity index (χ0n) is 25.0. The van der Waals surface area contributed by atoms with Crippen LogP contribution >= 0.6 is 12.6 Å². The summed E-state index contributed by atoms with van der Waals surface area (Å²) < 4.78 is 13.8. The molecule has 0 fully saturated rings. The van der Waals surface area contributed by atoms with Crippen LogP contribution in [0.4, 0.5) is 0 Å². The summed E-state index contributed by atoms with van der Waals surface area (Å²) >= 11 is 4.33. The Morgan fingerprint density at radius 3 is 2.40 bits per heavy atom. The minimum atomic E-state index is -1.09. The van der Waals surface area contributed by atoms with Crippen molar-refractivity contribution in [3.63, 3.8) is 0 Å². The predicted molar refractivity (Wildman–Crippen MR) is 171 cm³/mol. The first-order chi connectivity index (χ1) is 21.4. The predicted octanol–water partition coefficient (Wildman–Crippen LogP) is 5.17. The van der Waals surface area contributed by atoms with E-state index < -0.39 is 12.0 Å². The van der Waals surface area contributed by atoms with Gasteiger partial charge in [-0.1, -0.05) is 30.3 Å². The number of nitrogen functional groups attached to an aromatic ring is 1. The van der Waals surface area contributed by atoms with Crippen LogP contribution < -0.4 is 15.2 Å². The van der Waals surface area contributed by atoms with Gasteiger partial charge in [-0.2, -0.15) is 9.97 Å². The van der Waals surface area contributed by atoms with E-state index in [1.165, 1.54) is 9.47 Å². The second-order valence-electron chi connectivity index (χ2n) is 10.6. The Kier molecular flexibility index (Phi) is 8.73. The molecular weight excluding hydrogens is 594 g/mol. The molecule has 13 heteroatoms. The van der Waals surface area contributed by atoms with Gasteiger partial charge in [-0.25, -0.2) is 9.78 Å². The highest BCUT2D eigenvalue weighted by Crippen LogP contribution is 2.34. The third-order valence-corrected chi connectivity index (χ3v) is 7.33. The van der Waals surface area contributed by atoms with Gasteiger partial charge in [-0.15, -0.1) is 12.6 Å². The van der Waals surface area contributed by atoms with Gasteiger partial charge in [0.25, 0.3) is 11.8 Å². The summed E-state index contributed by atoms with van der Waals surface area (Å²) in [4.78, 5) is 41.2. The number of benzene rings is 3. The number of rotatable bonds is 10. The lowest BCUT2D eigenvalue weighted by atomic mass is 10.1. The number of carboxylic acids is 1. The van der Waals surface area contributed by atoms with Crippen molar-refractivity contribution in [2.75, 3.05) is 14.1 Å². The quantitative estimate of drug-likeness (QED) is 0.0929. The summed E-state index contributed by atoms with van der Waals surface area (Å²) in [7, 11) is 3.30. The summed E-state index contributed by atoms with van der Waals surface area (Å²) in [5, 5.41) is 18.2. The van der Waals surface area contributed by atoms with Crippen molar-refractivity contribution in [2.45, 2.75) is 31.2 Å². The molecule has 0 aliphatic heterocycles. The monoisotopic (exact) mass is 625 g/mol. The third-order valence-electron chi connectivity index (χ3n) is 7.03. The molecule has 1 unspecified atom stereocenters. The van der Waals surface area contributed by atoms with Gasteiger partial charge in [-0.05, 0) is 61.4 Å². The van der Waals surface area contributed by atoms with Crippen molar-refractivity contribution < 1.29 is 24.2 Å². The summed E-state index contributed by atoms with van der Waals surface area (Å²) in [5.74, 6) is -0.435. The number of carbonyl (C=O) groups is 2. The molecule has 4 N–H and O–H groups in total. The molecule has 2 heterocycles. The fourth-order valence-electron chi connectivity index (χ4n) is 4.71. The van der Waals surface area contributed by atoms with Crippen LogP contribution in [0.5, 0.6) is 23.4 Å². The number of amides is 1. The van der Waals surface area contributed by atoms with E-state index >= 15 is 0 Å². The first-order valence-corrected chi connectivity index (χ1v) is 14.3. The van der Waals surface area contributed by atoms with Crippen LogP contribution in [-0.2, 0) is 11.2 Å². The number of aliphatic carboxylic acids is 1. The molecule has 0 bridgehead atoms. The lowest BCUT2D eigenvalue weighted by Crippen LogP contribution is -2.23. The first-order valence-electron chi connectivity index (χ1n) is 13.8. The van der Waals surface area contributed by atoms with E-state index in [1.54, 1.807) is 75.6 Å². The fourth-order valence-corrected chi connectivity index (χ4v) is 4.86. The zero-order valence-corrected chi connectivity index (χ0v) is 25.9. The van der Waals surface area contributed by atoms with Gasteiger partial charge in [0.1, 0.15) is 29.2 Å². The standard InChI is InChI=1S/C32H31N7O5S/c1-17-8-11-20(27(33)34)16-25(17)44-32-36-28-26(29(37-32)43-22-7-5-6-21(15-22)30(40)38(3)4)35-18(2)39(28)24(31(41)42)14-19-9-12-23(45)13-10-19/h5-13,15-16,24,45H,14H2,1-4H3,(H3,33,34)(H,41,42). The average Bonchev–Trinajstić information content (AvgIpc) is 3.33. The molecule has 5 rings (SSSR count). The minimum absolute atomic E-state index is 0.00440. The van der Waals surface area contributed by atoms with Gasteiger partial charge in [0.05, 0.1) is 0 Å². The summed E-state index contributed by atoms with van der Waals surface area (Å²) in [6, 6.07) is 17.6. The number of hydrogen-bond donors (Lipinski definition) is 4. The summed E-state index contributed by atoms with van der Waals surface area (Å²) in [5.41, 5.74) is 8.42. The zero-order chi connectivity index (χ0) is 32.4. The van der Waals surface area contributed by atoms with E-state index in [9.17, 15) is 14.7 Å². The highest BCUT2D eigenvalue weighted by atomic mass is 32.1. The van der Waals surface area contributed by atoms with Crippen molar-refractivity contribution in [1.82, 2.24) is 24.4 Å². The van der Waals surface area contributed by atoms with Crippen LogP contribution in [-0.4, -0.2) is 61.3 Å². The molecule has 12 nitrogen and oxygen atoms in total. The first kappa shape index (κ1) is 31.0. The van der Waals surface area contributed by atoms with Crippen molar-refractivity contribution >= 4 is 41.5 Å². The normalized spacial score (nSPS) is 11.7. The highest BCUT2D eigenvalue weighted by molar-refractivity contribution is 7.80. The number of aromatic nitrogens is 4. The van der Waals surface area contributed by atoms with Crippen LogP contribution in [0.1, 0.15) is 38.9 Å². The van der Waals surface area contributed by atoms with Gasteiger partial charge in [-0.3, -0.25) is 14.8 Å². The number of nitrogens with zero attached hydrogens (tertiary/aromatic N) is 5. The molecule has 1 amide bonds. The summed E-state index contributed by atoms with van der Waals surface area (Å²) in [6.45, 7) is 3.49. The van der Waals surface area contributed by atoms with E-state index in [0.29, 0.717) is 28.5 Å². The average molecular weight is 626 g/mol. The van der Waals surface area contributed by atoms with E-state index in [1.807, 2.05) is 19.1 Å². The van der Waals surface area contributed by atoms with Crippen LogP contribution in [0.25, 0.3) is 11.2 Å². The number of fused-ring (bicyclic) bond motifs is 1. The molecule has 0 saturated carbocycles. The van der Waals surface area contributed by atoms with Crippen molar-refractivity contribution in [3.05, 3.63) is 94.8 Å². The number of imidazole rings is 1. The Morgan fingerprint density at radius 1 is 1.00 bits per heavy atom. The lowest BCUT2D eigenvalue weighted by Gasteiger charge is -2.17. The van der Waals surface area contributed by atoms with Crippen LogP contribution in [0.3, 0.4) is 0 Å². The van der Waals surface area contributed by atoms with Crippen LogP contribution in [0, 0.1) is 19.3 Å². The van der Waals surface area contributed by atoms with Crippen molar-refractivity contribution in [2.24, 2.45) is 5.73 Å². The molecule has 0 radical (unpaired) electrons. The maximum atomic E-state index is 12.7. The second-order valence-corrected chi connectivity index (χ2v) is 11.1. The van der Waals surface area contributed by atoms with Crippen molar-refractivity contribution in [3.8, 4) is 23.4 Å². The van der Waals surface area contributed by atoms with E-state index in [2.05, 4.69) is 27.6 Å². The second kappa shape index (κ2) is 12.7. The minimum Gasteiger partial charge on any atom is -0.480 e. The molecule has 0 aliphatic rings. The number of carbonyl (C=O) groups excluding carboxylic acids is 1. The van der Waals surface area contributed by atoms with Gasteiger partial charge >= 0.3 is 12.0 Å². The molecule has 2 aromatic heterocycles. The topological polar surface area (TPSA) is 170 Å². The Labute approximate surface area is 264 Å². The fraction of sp³-hybridized carbons (Fsp3) is 0.188. The number of nitrogens with two attached hydrogens (primary N) is 1. The Morgan fingerprint density at radius 2 is 1.73 bits per heavy atom. The number of hydrogen-bond acceptors (Lipinski definition) is 9. The Balaban J connectivity index is 1.66. The van der Waals surface area contributed by atoms with Crippen molar-refractivity contribution in [1.29, 1.82) is 5.41 Å². The number of aryl methyl sites for hydroxylation is 2. The molecule has 230 valence electrons. The molecule has 3 aromatic carbocycles. The molecule has 5 aromatic rings. The van der Waals surface area contributed by atoms with Crippen LogP contribution in [0.15, 0.2) is 71.6 Å². The molecule has 1 atom stereocenters. The number of thiol groups is 1. The number of nitrogens with one attached hydrogen (secondary N) is 1. The largest absolute Gasteiger partial charge is 0.480 e. The number of ether oxygens (including phenoxy) is 2. The molecule has 0 saturated heterocycles. The van der Waals surface area contributed by atoms with Crippen LogP contribution in [0.2, 0.25) is 0 Å². The lowest BCUT2D eigenvalue weighted by molar-refractivity contribution is -0.140. The van der Waals surface area contributed by atoms with Gasteiger partial charge in [0, 0.05) is 36.5 Å².